The predicted octanol–water partition coefficient (Wildman–Crippen LogP) is 0.989. The number of nitrogens with one attached hydrogen (secondary N) is 2. The van der Waals surface area contributed by atoms with E-state index in [4.69, 9.17) is 0 Å². The maximum absolute atomic E-state index is 11.8. The molecule has 116 valence electrons. The van der Waals surface area contributed by atoms with Crippen molar-refractivity contribution in [3.8, 4) is 0 Å². The third-order valence-electron chi connectivity index (χ3n) is 3.50. The monoisotopic (exact) mass is 310 g/mol. The first-order chi connectivity index (χ1) is 9.92. The van der Waals surface area contributed by atoms with Gasteiger partial charge in [-0.2, -0.15) is 0 Å². The number of amides is 1. The van der Waals surface area contributed by atoms with Gasteiger partial charge in [0.2, 0.25) is 5.91 Å². The molecule has 0 aromatic heterocycles. The minimum atomic E-state index is -3.04. The molecule has 1 aliphatic rings. The SMILES string of the molecule is CS(=O)(=O)Cc1cccc(CNC(=O)CC2CCCN2)c1. The van der Waals surface area contributed by atoms with E-state index < -0.39 is 9.84 Å². The van der Waals surface area contributed by atoms with Crippen molar-refractivity contribution in [3.05, 3.63) is 35.4 Å². The topological polar surface area (TPSA) is 75.3 Å². The number of sulfone groups is 1. The van der Waals surface area contributed by atoms with E-state index in [1.165, 1.54) is 6.26 Å². The van der Waals surface area contributed by atoms with Crippen molar-refractivity contribution in [3.63, 3.8) is 0 Å². The first-order valence-electron chi connectivity index (χ1n) is 7.18. The highest BCUT2D eigenvalue weighted by Crippen LogP contribution is 2.10. The first kappa shape index (κ1) is 16.0. The molecule has 6 heteroatoms. The van der Waals surface area contributed by atoms with Gasteiger partial charge in [0.15, 0.2) is 9.84 Å². The summed E-state index contributed by atoms with van der Waals surface area (Å²) in [6.45, 7) is 1.43. The van der Waals surface area contributed by atoms with Gasteiger partial charge < -0.3 is 10.6 Å². The van der Waals surface area contributed by atoms with Crippen molar-refractivity contribution < 1.29 is 13.2 Å². The Kier molecular flexibility index (Phi) is 5.36. The highest BCUT2D eigenvalue weighted by Gasteiger charge is 2.17. The molecule has 1 atom stereocenters. The van der Waals surface area contributed by atoms with E-state index in [1.54, 1.807) is 6.07 Å². The molecule has 0 radical (unpaired) electrons. The minimum absolute atomic E-state index is 0.0286. The van der Waals surface area contributed by atoms with Crippen LogP contribution in [0.5, 0.6) is 0 Å². The standard InChI is InChI=1S/C15H22N2O3S/c1-21(19,20)11-13-5-2-4-12(8-13)10-17-15(18)9-14-6-3-7-16-14/h2,4-5,8,14,16H,3,6-7,9-11H2,1H3,(H,17,18). The summed E-state index contributed by atoms with van der Waals surface area (Å²) in [5, 5.41) is 6.18. The van der Waals surface area contributed by atoms with Gasteiger partial charge in [-0.25, -0.2) is 8.42 Å². The molecule has 0 aliphatic carbocycles. The van der Waals surface area contributed by atoms with Gasteiger partial charge in [-0.1, -0.05) is 24.3 Å². The molecule has 1 aromatic carbocycles. The number of carbonyl (C=O) groups is 1. The Balaban J connectivity index is 1.85. The number of hydrogen-bond donors (Lipinski definition) is 2. The molecule has 5 nitrogen and oxygen atoms in total. The molecule has 0 saturated carbocycles. The Morgan fingerprint density at radius 1 is 1.38 bits per heavy atom. The molecule has 0 spiro atoms. The molecule has 1 aliphatic heterocycles. The van der Waals surface area contributed by atoms with Crippen LogP contribution in [0.15, 0.2) is 24.3 Å². The summed E-state index contributed by atoms with van der Waals surface area (Å²) in [5.41, 5.74) is 1.67. The molecule has 21 heavy (non-hydrogen) atoms. The van der Waals surface area contributed by atoms with Crippen molar-refractivity contribution >= 4 is 15.7 Å². The second-order valence-electron chi connectivity index (χ2n) is 5.66. The Morgan fingerprint density at radius 2 is 2.14 bits per heavy atom. The largest absolute Gasteiger partial charge is 0.352 e. The predicted molar refractivity (Wildman–Crippen MR) is 82.5 cm³/mol. The minimum Gasteiger partial charge on any atom is -0.352 e. The van der Waals surface area contributed by atoms with Crippen LogP contribution < -0.4 is 10.6 Å². The van der Waals surface area contributed by atoms with E-state index in [1.807, 2.05) is 18.2 Å². The third-order valence-corrected chi connectivity index (χ3v) is 4.36. The Morgan fingerprint density at radius 3 is 2.81 bits per heavy atom. The quantitative estimate of drug-likeness (QED) is 0.821. The van der Waals surface area contributed by atoms with Gasteiger partial charge in [0.25, 0.3) is 0 Å². The molecule has 1 heterocycles. The van der Waals surface area contributed by atoms with Crippen molar-refractivity contribution in [2.24, 2.45) is 0 Å². The van der Waals surface area contributed by atoms with Gasteiger partial charge in [0.05, 0.1) is 5.75 Å². The summed E-state index contributed by atoms with van der Waals surface area (Å²) in [5.74, 6) is 0.0590. The van der Waals surface area contributed by atoms with Crippen LogP contribution >= 0.6 is 0 Å². The fourth-order valence-corrected chi connectivity index (χ4v) is 3.34. The summed E-state index contributed by atoms with van der Waals surface area (Å²) in [6, 6.07) is 7.62. The molecule has 1 amide bonds. The first-order valence-corrected chi connectivity index (χ1v) is 9.24. The molecule has 1 aromatic rings. The van der Waals surface area contributed by atoms with E-state index >= 15 is 0 Å². The lowest BCUT2D eigenvalue weighted by molar-refractivity contribution is -0.121. The highest BCUT2D eigenvalue weighted by atomic mass is 32.2. The molecule has 1 unspecified atom stereocenters. The van der Waals surface area contributed by atoms with Crippen LogP contribution in [0.4, 0.5) is 0 Å². The number of hydrogen-bond acceptors (Lipinski definition) is 4. The summed E-state index contributed by atoms with van der Waals surface area (Å²) >= 11 is 0. The Labute approximate surface area is 126 Å². The fourth-order valence-electron chi connectivity index (χ4n) is 2.56. The van der Waals surface area contributed by atoms with Crippen LogP contribution in [0.1, 0.15) is 30.4 Å². The van der Waals surface area contributed by atoms with Crippen LogP contribution in [0.25, 0.3) is 0 Å². The second-order valence-corrected chi connectivity index (χ2v) is 7.80. The van der Waals surface area contributed by atoms with E-state index in [-0.39, 0.29) is 11.7 Å². The van der Waals surface area contributed by atoms with Crippen molar-refractivity contribution in [1.82, 2.24) is 10.6 Å². The number of rotatable bonds is 6. The maximum Gasteiger partial charge on any atom is 0.221 e. The van der Waals surface area contributed by atoms with E-state index in [9.17, 15) is 13.2 Å². The molecule has 1 fully saturated rings. The molecule has 1 saturated heterocycles. The van der Waals surface area contributed by atoms with Gasteiger partial charge in [0.1, 0.15) is 0 Å². The van der Waals surface area contributed by atoms with Crippen LogP contribution in [-0.2, 0) is 26.9 Å². The third kappa shape index (κ3) is 5.85. The van der Waals surface area contributed by atoms with E-state index in [0.29, 0.717) is 19.0 Å². The number of carbonyl (C=O) groups excluding carboxylic acids is 1. The van der Waals surface area contributed by atoms with Crippen LogP contribution in [0.2, 0.25) is 0 Å². The van der Waals surface area contributed by atoms with Gasteiger partial charge in [-0.15, -0.1) is 0 Å². The zero-order chi connectivity index (χ0) is 15.3. The smallest absolute Gasteiger partial charge is 0.221 e. The Bertz CT molecular complexity index is 593. The maximum atomic E-state index is 11.8. The zero-order valence-corrected chi connectivity index (χ0v) is 13.1. The molecule has 0 bridgehead atoms. The average Bonchev–Trinajstić information content (AvgIpc) is 2.87. The second kappa shape index (κ2) is 7.04. The lowest BCUT2D eigenvalue weighted by Gasteiger charge is -2.11. The fraction of sp³-hybridized carbons (Fsp3) is 0.533. The highest BCUT2D eigenvalue weighted by molar-refractivity contribution is 7.89. The van der Waals surface area contributed by atoms with E-state index in [0.717, 1.165) is 30.5 Å². The van der Waals surface area contributed by atoms with Crippen molar-refractivity contribution in [2.45, 2.75) is 37.6 Å². The lowest BCUT2D eigenvalue weighted by atomic mass is 10.1. The van der Waals surface area contributed by atoms with Crippen LogP contribution in [-0.4, -0.2) is 33.2 Å². The Hall–Kier alpha value is -1.40. The molecule has 2 rings (SSSR count). The summed E-state index contributed by atoms with van der Waals surface area (Å²) < 4.78 is 22.6. The van der Waals surface area contributed by atoms with Gasteiger partial charge in [-0.3, -0.25) is 4.79 Å². The van der Waals surface area contributed by atoms with E-state index in [2.05, 4.69) is 10.6 Å². The number of benzene rings is 1. The summed E-state index contributed by atoms with van der Waals surface area (Å²) in [4.78, 5) is 11.8. The van der Waals surface area contributed by atoms with Crippen molar-refractivity contribution in [2.75, 3.05) is 12.8 Å². The molecular weight excluding hydrogens is 288 g/mol. The summed E-state index contributed by atoms with van der Waals surface area (Å²) in [7, 11) is -3.04. The van der Waals surface area contributed by atoms with Crippen LogP contribution in [0.3, 0.4) is 0 Å². The average molecular weight is 310 g/mol. The normalized spacial score (nSPS) is 18.6. The lowest BCUT2D eigenvalue weighted by Crippen LogP contribution is -2.31. The van der Waals surface area contributed by atoms with Gasteiger partial charge >= 0.3 is 0 Å². The van der Waals surface area contributed by atoms with Gasteiger partial charge in [0, 0.05) is 25.3 Å². The zero-order valence-electron chi connectivity index (χ0n) is 12.3. The van der Waals surface area contributed by atoms with Crippen molar-refractivity contribution in [1.29, 1.82) is 0 Å². The molecule has 2 N–H and O–H groups in total. The van der Waals surface area contributed by atoms with Gasteiger partial charge in [-0.05, 0) is 30.5 Å². The van der Waals surface area contributed by atoms with Crippen LogP contribution in [0, 0.1) is 0 Å². The molecular formula is C15H22N2O3S. The summed E-state index contributed by atoms with van der Waals surface area (Å²) in [6.07, 6.45) is 3.90.